The van der Waals surface area contributed by atoms with E-state index in [0.717, 1.165) is 83.0 Å². The topological polar surface area (TPSA) is 161 Å². The van der Waals surface area contributed by atoms with Crippen molar-refractivity contribution >= 4 is 130 Å². The Hall–Kier alpha value is -4.50. The van der Waals surface area contributed by atoms with Crippen LogP contribution in [0, 0.1) is 0 Å². The van der Waals surface area contributed by atoms with Crippen LogP contribution in [-0.4, -0.2) is 153 Å². The van der Waals surface area contributed by atoms with Gasteiger partial charge in [-0.05, 0) is 224 Å². The number of benzene rings is 2. The average molecular weight is 1890 g/mol. The van der Waals surface area contributed by atoms with Crippen molar-refractivity contribution in [3.8, 4) is 51.9 Å². The molecule has 0 amide bonds. The van der Waals surface area contributed by atoms with E-state index in [4.69, 9.17) is 46.1 Å². The minimum absolute atomic E-state index is 0.000469. The molecule has 2 atom stereocenters. The molecule has 0 bridgehead atoms. The minimum Gasteiger partial charge on any atom is -0.463 e. The maximum absolute atomic E-state index is 17.5. The molecular weight excluding hydrogens is 1750 g/mol. The van der Waals surface area contributed by atoms with Gasteiger partial charge in [0.25, 0.3) is 0 Å². The van der Waals surface area contributed by atoms with E-state index in [0.29, 0.717) is 32.7 Å². The van der Waals surface area contributed by atoms with Crippen molar-refractivity contribution < 1.29 is 91.6 Å². The van der Waals surface area contributed by atoms with Crippen LogP contribution in [0.5, 0.6) is 11.5 Å². The molecule has 0 N–H and O–H groups in total. The average Bonchev–Trinajstić information content (AvgIpc) is 1.52. The predicted octanol–water partition coefficient (Wildman–Crippen LogP) is 28.3. The number of allylic oxidation sites excluding steroid dienone is 2. The van der Waals surface area contributed by atoms with Gasteiger partial charge in [-0.3, -0.25) is 19.2 Å². The summed E-state index contributed by atoms with van der Waals surface area (Å²) in [6.07, 6.45) is 8.90. The van der Waals surface area contributed by atoms with Crippen LogP contribution in [0.3, 0.4) is 0 Å². The number of esters is 4. The highest BCUT2D eigenvalue weighted by Crippen LogP contribution is 2.68. The van der Waals surface area contributed by atoms with E-state index in [1.807, 2.05) is 53.7 Å². The summed E-state index contributed by atoms with van der Waals surface area (Å²) in [5.74, 6) is -19.8. The van der Waals surface area contributed by atoms with Gasteiger partial charge >= 0.3 is 41.6 Å². The zero-order chi connectivity index (χ0) is 92.0. The standard InChI is InChI=1S/C93H142F6O14S4Si6/c1-27-33-59-118(15,16)81(29-3)111-123(25,26)89(13,14)112-121(21,22)62-36-54-105-56-58-107-78(101)50-52-80(103)109-68-43-39-66(40-44-68)86-70(64-74(117-86)72-46-48-76(115-72)88(10,11)12)84-83(91(94,95)93(98,99)92(84,96)97)69-63-73(71-45-47-75(114-71)87(7,8)9)116-85(69)65-37-41-67(42-38-65)108-79(102)51-49-77(100)106-57-55-104-53-35-61-120(19,20)110-82(30-4)122(23,24)113-90(31-5,32-6)119(17,18)60-34-28-2/h37-48,63-64,81-82H,27-36,49-62H2,1-26H3. The number of hydrogen-bond acceptors (Lipinski definition) is 18. The maximum Gasteiger partial charge on any atom is 0.380 e. The summed E-state index contributed by atoms with van der Waals surface area (Å²) in [6, 6.07) is 25.3. The maximum atomic E-state index is 17.5. The molecule has 6 aromatic rings. The number of thiophene rings is 4. The van der Waals surface area contributed by atoms with Crippen LogP contribution in [0.1, 0.15) is 208 Å². The van der Waals surface area contributed by atoms with E-state index < -0.39 is 119 Å². The van der Waals surface area contributed by atoms with Crippen molar-refractivity contribution in [2.24, 2.45) is 0 Å². The number of hydrogen-bond donors (Lipinski definition) is 0. The first-order chi connectivity index (χ1) is 57.0. The first-order valence-corrected chi connectivity index (χ1v) is 66.2. The number of ether oxygens (including phenoxy) is 6. The summed E-state index contributed by atoms with van der Waals surface area (Å²) >= 11 is 4.64. The second-order valence-corrected chi connectivity index (χ2v) is 70.6. The van der Waals surface area contributed by atoms with Crippen LogP contribution in [0.4, 0.5) is 26.3 Å². The normalized spacial score (nSPS) is 15.5. The van der Waals surface area contributed by atoms with Crippen molar-refractivity contribution in [2.75, 3.05) is 39.6 Å². The number of carbonyl (C=O) groups excluding carboxylic acids is 4. The van der Waals surface area contributed by atoms with Gasteiger partial charge in [0, 0.05) is 85.5 Å². The van der Waals surface area contributed by atoms with Crippen molar-refractivity contribution in [3.05, 3.63) is 106 Å². The van der Waals surface area contributed by atoms with E-state index in [9.17, 15) is 19.2 Å². The number of rotatable bonds is 50. The van der Waals surface area contributed by atoms with E-state index in [2.05, 4.69) is 134 Å². The lowest BCUT2D eigenvalue weighted by molar-refractivity contribution is -0.254. The van der Waals surface area contributed by atoms with Gasteiger partial charge < -0.3 is 46.1 Å². The predicted molar refractivity (Wildman–Crippen MR) is 512 cm³/mol. The number of carbonyl (C=O) groups is 4. The molecular formula is C93H142F6O14S4Si6. The van der Waals surface area contributed by atoms with Gasteiger partial charge in [0.1, 0.15) is 24.7 Å². The summed E-state index contributed by atoms with van der Waals surface area (Å²) in [4.78, 5) is 56.0. The molecule has 4 heterocycles. The van der Waals surface area contributed by atoms with Crippen molar-refractivity contribution in [2.45, 2.75) is 340 Å². The Morgan fingerprint density at radius 3 is 1.20 bits per heavy atom. The van der Waals surface area contributed by atoms with Crippen LogP contribution in [0.25, 0.3) is 51.5 Å². The molecule has 0 fully saturated rings. The zero-order valence-electron chi connectivity index (χ0n) is 78.3. The van der Waals surface area contributed by atoms with Gasteiger partial charge in [0.2, 0.25) is 16.6 Å². The molecule has 0 saturated heterocycles. The Labute approximate surface area is 753 Å². The highest BCUT2D eigenvalue weighted by molar-refractivity contribution is 7.25. The van der Waals surface area contributed by atoms with Crippen LogP contribution < -0.4 is 9.47 Å². The minimum atomic E-state index is -5.95. The molecule has 123 heavy (non-hydrogen) atoms. The van der Waals surface area contributed by atoms with E-state index in [1.54, 1.807) is 12.1 Å². The van der Waals surface area contributed by atoms with Gasteiger partial charge in [-0.2, -0.15) is 26.3 Å². The van der Waals surface area contributed by atoms with Crippen LogP contribution in [0.15, 0.2) is 84.9 Å². The third kappa shape index (κ3) is 27.3. The Balaban J connectivity index is 1.02. The molecule has 1 aliphatic carbocycles. The molecule has 2 aromatic carbocycles. The first kappa shape index (κ1) is 106. The fourth-order valence-electron chi connectivity index (χ4n) is 16.1. The van der Waals surface area contributed by atoms with Gasteiger partial charge in [0.15, 0.2) is 16.6 Å². The lowest BCUT2D eigenvalue weighted by Gasteiger charge is -2.51. The molecule has 7 rings (SSSR count). The Kier molecular flexibility index (Phi) is 37.3. The lowest BCUT2D eigenvalue weighted by Crippen LogP contribution is -2.63. The number of alkyl halides is 6. The van der Waals surface area contributed by atoms with Gasteiger partial charge in [-0.15, -0.1) is 45.3 Å². The molecule has 14 nitrogen and oxygen atoms in total. The van der Waals surface area contributed by atoms with E-state index in [1.165, 1.54) is 121 Å². The van der Waals surface area contributed by atoms with Crippen molar-refractivity contribution in [3.63, 3.8) is 0 Å². The van der Waals surface area contributed by atoms with E-state index in [-0.39, 0.29) is 112 Å². The smallest absolute Gasteiger partial charge is 0.380 e. The van der Waals surface area contributed by atoms with Gasteiger partial charge in [0.05, 0.1) is 66.0 Å². The lowest BCUT2D eigenvalue weighted by atomic mass is 9.92. The molecule has 0 radical (unpaired) electrons. The molecule has 1 aliphatic rings. The SMILES string of the molecule is CCCC[Si](C)(C)C(CC)O[Si](C)(C)C(C)(C)O[Si](C)(C)CCCOCCOC(=O)CCC(=O)Oc1ccc(-c2sc(-c3ccc(C(C)(C)C)s3)cc2C2=C(c3cc(-c4ccc(C(C)(C)C)s4)sc3-c3ccc(OC(=O)CCC(=O)OCCOCCC[Si](C)(C)OC(CC)[Si](C)(C)OC(CC)(CC)[Si](C)(C)CCCC)cc3)C(F)(F)C(F)(F)C2(F)F)cc1. The molecule has 0 saturated carbocycles. The summed E-state index contributed by atoms with van der Waals surface area (Å²) in [6.45, 7) is 59.0. The van der Waals surface area contributed by atoms with Crippen LogP contribution >= 0.6 is 45.3 Å². The summed E-state index contributed by atoms with van der Waals surface area (Å²) < 4.78 is 166. The van der Waals surface area contributed by atoms with Crippen molar-refractivity contribution in [1.29, 1.82) is 0 Å². The molecule has 688 valence electrons. The Morgan fingerprint density at radius 1 is 0.423 bits per heavy atom. The van der Waals surface area contributed by atoms with Gasteiger partial charge in [-0.25, -0.2) is 0 Å². The second kappa shape index (κ2) is 43.5. The van der Waals surface area contributed by atoms with Crippen molar-refractivity contribution in [1.82, 2.24) is 0 Å². The fourth-order valence-corrected chi connectivity index (χ4v) is 43.1. The second-order valence-electron chi connectivity index (χ2n) is 39.0. The van der Waals surface area contributed by atoms with Crippen LogP contribution in [-0.2, 0) is 66.7 Å². The third-order valence-corrected chi connectivity index (χ3v) is 51.6. The molecule has 30 heteroatoms. The highest BCUT2D eigenvalue weighted by atomic mass is 32.1. The fraction of sp³-hybridized carbons (Fsp3) is 0.634. The van der Waals surface area contributed by atoms with E-state index >= 15 is 26.3 Å². The quantitative estimate of drug-likeness (QED) is 0.0117. The van der Waals surface area contributed by atoms with Gasteiger partial charge in [-0.1, -0.05) is 147 Å². The summed E-state index contributed by atoms with van der Waals surface area (Å²) in [5.41, 5.74) is -4.28. The first-order valence-electron chi connectivity index (χ1n) is 44.3. The number of unbranched alkanes of at least 4 members (excludes halogenated alkanes) is 2. The highest BCUT2D eigenvalue weighted by Gasteiger charge is 2.81. The zero-order valence-corrected chi connectivity index (χ0v) is 87.6. The van der Waals surface area contributed by atoms with Crippen LogP contribution in [0.2, 0.25) is 103 Å². The molecule has 2 unspecified atom stereocenters. The number of halogens is 6. The third-order valence-electron chi connectivity index (χ3n) is 24.2. The Bertz CT molecular complexity index is 4470. The molecule has 0 spiro atoms. The summed E-state index contributed by atoms with van der Waals surface area (Å²) in [7, 11) is -12.2. The summed E-state index contributed by atoms with van der Waals surface area (Å²) in [5, 5.41) is -0.498. The molecule has 4 aromatic heterocycles. The Morgan fingerprint density at radius 2 is 0.821 bits per heavy atom. The molecule has 0 aliphatic heterocycles. The monoisotopic (exact) mass is 1890 g/mol. The largest absolute Gasteiger partial charge is 0.463 e.